The number of aromatic nitrogens is 1. The lowest BCUT2D eigenvalue weighted by Crippen LogP contribution is -2.55. The topological polar surface area (TPSA) is 62.6 Å². The molecular formula is C17H23N3O3S2. The second kappa shape index (κ2) is 6.93. The fourth-order valence-electron chi connectivity index (χ4n) is 3.32. The molecule has 1 saturated heterocycles. The van der Waals surface area contributed by atoms with Crippen LogP contribution in [0.15, 0.2) is 29.7 Å². The number of hydrogen-bond donors (Lipinski definition) is 0. The van der Waals surface area contributed by atoms with Gasteiger partial charge in [0.2, 0.25) is 10.0 Å². The average molecular weight is 382 g/mol. The third-order valence-electron chi connectivity index (χ3n) is 4.52. The Bertz CT molecular complexity index is 911. The molecule has 0 bridgehead atoms. The van der Waals surface area contributed by atoms with E-state index in [2.05, 4.69) is 0 Å². The molecule has 3 heterocycles. The quantitative estimate of drug-likeness (QED) is 0.764. The molecule has 2 aromatic heterocycles. The molecule has 0 saturated carbocycles. The standard InChI is InChI=1S/C17H23N3O3S2/c1-4-5-7-19-15(11-14-6-10-24-17(14)19)16(21)18-8-9-20(13(2)12-18)25(3,22)23/h4-6,10-11,13H,7-9,12H2,1-3H3/b5-4-. The van der Waals surface area contributed by atoms with Gasteiger partial charge >= 0.3 is 0 Å². The third-order valence-corrected chi connectivity index (χ3v) is 6.87. The fraction of sp³-hybridized carbons (Fsp3) is 0.471. The van der Waals surface area contributed by atoms with Crippen molar-refractivity contribution in [3.8, 4) is 0 Å². The normalized spacial score (nSPS) is 20.0. The van der Waals surface area contributed by atoms with Crippen molar-refractivity contribution < 1.29 is 13.2 Å². The summed E-state index contributed by atoms with van der Waals surface area (Å²) in [5, 5.41) is 3.10. The Balaban J connectivity index is 1.87. The number of nitrogens with zero attached hydrogens (tertiary/aromatic N) is 3. The van der Waals surface area contributed by atoms with Gasteiger partial charge in [-0.15, -0.1) is 11.3 Å². The number of allylic oxidation sites excluding steroid dienone is 2. The maximum atomic E-state index is 13.1. The predicted molar refractivity (Wildman–Crippen MR) is 102 cm³/mol. The van der Waals surface area contributed by atoms with Gasteiger partial charge < -0.3 is 9.47 Å². The van der Waals surface area contributed by atoms with Crippen molar-refractivity contribution in [2.75, 3.05) is 25.9 Å². The van der Waals surface area contributed by atoms with Crippen LogP contribution in [0.1, 0.15) is 24.3 Å². The number of amides is 1. The van der Waals surface area contributed by atoms with E-state index in [1.165, 1.54) is 10.6 Å². The largest absolute Gasteiger partial charge is 0.334 e. The summed E-state index contributed by atoms with van der Waals surface area (Å²) in [4.78, 5) is 15.9. The molecule has 6 nitrogen and oxygen atoms in total. The Morgan fingerprint density at radius 1 is 1.40 bits per heavy atom. The Morgan fingerprint density at radius 2 is 2.16 bits per heavy atom. The van der Waals surface area contributed by atoms with Crippen LogP contribution in [0.2, 0.25) is 0 Å². The Morgan fingerprint density at radius 3 is 2.80 bits per heavy atom. The fourth-order valence-corrected chi connectivity index (χ4v) is 5.36. The zero-order chi connectivity index (χ0) is 18.2. The van der Waals surface area contributed by atoms with Gasteiger partial charge in [0.25, 0.3) is 5.91 Å². The first-order chi connectivity index (χ1) is 11.8. The highest BCUT2D eigenvalue weighted by Crippen LogP contribution is 2.27. The zero-order valence-corrected chi connectivity index (χ0v) is 16.3. The van der Waals surface area contributed by atoms with Gasteiger partial charge in [-0.2, -0.15) is 4.31 Å². The second-order valence-electron chi connectivity index (χ2n) is 6.36. The van der Waals surface area contributed by atoms with Crippen LogP contribution in [0, 0.1) is 0 Å². The maximum absolute atomic E-state index is 13.1. The molecule has 2 aromatic rings. The van der Waals surface area contributed by atoms with Gasteiger partial charge in [-0.25, -0.2) is 8.42 Å². The van der Waals surface area contributed by atoms with Crippen LogP contribution in [0.5, 0.6) is 0 Å². The molecule has 1 aliphatic heterocycles. The Kier molecular flexibility index (Phi) is 5.04. The van der Waals surface area contributed by atoms with E-state index in [4.69, 9.17) is 0 Å². The number of carbonyl (C=O) groups excluding carboxylic acids is 1. The van der Waals surface area contributed by atoms with Crippen molar-refractivity contribution in [1.82, 2.24) is 13.8 Å². The van der Waals surface area contributed by atoms with Crippen LogP contribution in [0.4, 0.5) is 0 Å². The first-order valence-electron chi connectivity index (χ1n) is 8.27. The highest BCUT2D eigenvalue weighted by atomic mass is 32.2. The van der Waals surface area contributed by atoms with Crippen LogP contribution in [0.3, 0.4) is 0 Å². The molecule has 1 fully saturated rings. The lowest BCUT2D eigenvalue weighted by molar-refractivity contribution is 0.0633. The van der Waals surface area contributed by atoms with Crippen molar-refractivity contribution in [2.45, 2.75) is 26.4 Å². The first kappa shape index (κ1) is 18.2. The van der Waals surface area contributed by atoms with Crippen LogP contribution >= 0.6 is 11.3 Å². The molecule has 0 radical (unpaired) electrons. The van der Waals surface area contributed by atoms with Gasteiger partial charge in [0, 0.05) is 37.6 Å². The van der Waals surface area contributed by atoms with Crippen LogP contribution in [-0.2, 0) is 16.6 Å². The van der Waals surface area contributed by atoms with Gasteiger partial charge in [0.05, 0.1) is 6.26 Å². The Hall–Kier alpha value is -1.64. The lowest BCUT2D eigenvalue weighted by atomic mass is 10.2. The molecule has 1 amide bonds. The van der Waals surface area contributed by atoms with E-state index in [0.717, 1.165) is 10.2 Å². The molecule has 3 rings (SSSR count). The minimum atomic E-state index is -3.24. The average Bonchev–Trinajstić information content (AvgIpc) is 3.12. The summed E-state index contributed by atoms with van der Waals surface area (Å²) in [6.45, 7) is 5.63. The van der Waals surface area contributed by atoms with E-state index in [-0.39, 0.29) is 11.9 Å². The molecule has 0 aliphatic carbocycles. The number of rotatable bonds is 4. The molecule has 1 aliphatic rings. The van der Waals surface area contributed by atoms with E-state index in [9.17, 15) is 13.2 Å². The van der Waals surface area contributed by atoms with Gasteiger partial charge in [0.1, 0.15) is 10.5 Å². The first-order valence-corrected chi connectivity index (χ1v) is 11.0. The van der Waals surface area contributed by atoms with E-state index in [1.54, 1.807) is 16.2 Å². The van der Waals surface area contributed by atoms with Crippen molar-refractivity contribution in [3.63, 3.8) is 0 Å². The predicted octanol–water partition coefficient (Wildman–Crippen LogP) is 2.38. The number of thiophene rings is 1. The number of fused-ring (bicyclic) bond motifs is 1. The SMILES string of the molecule is C/C=C\Cn1c(C(=O)N2CCN(S(C)(=O)=O)C(C)C2)cc2ccsc21. The molecule has 136 valence electrons. The smallest absolute Gasteiger partial charge is 0.270 e. The lowest BCUT2D eigenvalue weighted by Gasteiger charge is -2.38. The number of carbonyl (C=O) groups is 1. The summed E-state index contributed by atoms with van der Waals surface area (Å²) < 4.78 is 27.1. The van der Waals surface area contributed by atoms with Gasteiger partial charge in [-0.05, 0) is 31.4 Å². The van der Waals surface area contributed by atoms with E-state index >= 15 is 0 Å². The molecule has 0 spiro atoms. The van der Waals surface area contributed by atoms with Crippen LogP contribution in [0.25, 0.3) is 10.2 Å². The zero-order valence-electron chi connectivity index (χ0n) is 14.7. The molecule has 1 unspecified atom stereocenters. The van der Waals surface area contributed by atoms with Crippen molar-refractivity contribution >= 4 is 37.5 Å². The summed E-state index contributed by atoms with van der Waals surface area (Å²) in [6, 6.07) is 3.74. The van der Waals surface area contributed by atoms with Crippen LogP contribution in [-0.4, -0.2) is 60.0 Å². The third kappa shape index (κ3) is 3.51. The highest BCUT2D eigenvalue weighted by Gasteiger charge is 2.33. The minimum Gasteiger partial charge on any atom is -0.334 e. The molecule has 25 heavy (non-hydrogen) atoms. The number of sulfonamides is 1. The molecule has 1 atom stereocenters. The van der Waals surface area contributed by atoms with E-state index in [0.29, 0.717) is 31.9 Å². The van der Waals surface area contributed by atoms with Crippen LogP contribution < -0.4 is 0 Å². The van der Waals surface area contributed by atoms with Gasteiger partial charge in [-0.3, -0.25) is 4.79 Å². The highest BCUT2D eigenvalue weighted by molar-refractivity contribution is 7.88. The summed E-state index contributed by atoms with van der Waals surface area (Å²) in [6.07, 6.45) is 5.22. The summed E-state index contributed by atoms with van der Waals surface area (Å²) in [7, 11) is -3.24. The second-order valence-corrected chi connectivity index (χ2v) is 9.19. The number of piperazine rings is 1. The minimum absolute atomic E-state index is 0.0343. The van der Waals surface area contributed by atoms with E-state index in [1.807, 2.05) is 48.1 Å². The maximum Gasteiger partial charge on any atom is 0.270 e. The summed E-state index contributed by atoms with van der Waals surface area (Å²) >= 11 is 1.62. The Labute approximate surface area is 152 Å². The molecule has 0 N–H and O–H groups in total. The number of hydrogen-bond acceptors (Lipinski definition) is 4. The monoisotopic (exact) mass is 381 g/mol. The summed E-state index contributed by atoms with van der Waals surface area (Å²) in [5.41, 5.74) is 0.667. The molecule has 0 aromatic carbocycles. The van der Waals surface area contributed by atoms with Gasteiger partial charge in [0.15, 0.2) is 0 Å². The van der Waals surface area contributed by atoms with E-state index < -0.39 is 10.0 Å². The van der Waals surface area contributed by atoms with Crippen molar-refractivity contribution in [2.24, 2.45) is 0 Å². The van der Waals surface area contributed by atoms with Crippen molar-refractivity contribution in [3.05, 3.63) is 35.4 Å². The molecule has 8 heteroatoms. The van der Waals surface area contributed by atoms with Gasteiger partial charge in [-0.1, -0.05) is 12.2 Å². The molecular weight excluding hydrogens is 358 g/mol. The van der Waals surface area contributed by atoms with Crippen molar-refractivity contribution in [1.29, 1.82) is 0 Å². The summed E-state index contributed by atoms with van der Waals surface area (Å²) in [5.74, 6) is -0.0343.